The van der Waals surface area contributed by atoms with Gasteiger partial charge in [-0.05, 0) is 18.6 Å². The molecule has 14 heavy (non-hydrogen) atoms. The molecular formula is C9H9N3OS. The molecule has 0 aliphatic heterocycles. The van der Waals surface area contributed by atoms with E-state index in [1.54, 1.807) is 0 Å². The molecule has 1 aromatic heterocycles. The monoisotopic (exact) mass is 207 g/mol. The second-order valence-electron chi connectivity index (χ2n) is 2.92. The molecule has 0 aliphatic rings. The molecule has 2 rings (SSSR count). The van der Waals surface area contributed by atoms with E-state index in [-0.39, 0.29) is 5.91 Å². The highest BCUT2D eigenvalue weighted by Crippen LogP contribution is 2.24. The molecule has 5 heteroatoms. The number of nitrogens with zero attached hydrogens (tertiary/aromatic N) is 1. The average molecular weight is 207 g/mol. The summed E-state index contributed by atoms with van der Waals surface area (Å²) >= 11 is 1.35. The van der Waals surface area contributed by atoms with Crippen LogP contribution in [-0.4, -0.2) is 10.9 Å². The van der Waals surface area contributed by atoms with Gasteiger partial charge in [0.15, 0.2) is 5.01 Å². The number of thiazole rings is 1. The maximum absolute atomic E-state index is 11.2. The second kappa shape index (κ2) is 3.36. The third-order valence-corrected chi connectivity index (χ3v) is 3.14. The summed E-state index contributed by atoms with van der Waals surface area (Å²) in [6, 6.07) is 5.79. The first-order chi connectivity index (χ1) is 6.72. The van der Waals surface area contributed by atoms with Crippen molar-refractivity contribution in [2.45, 2.75) is 6.92 Å². The molecular weight excluding hydrogens is 198 g/mol. The lowest BCUT2D eigenvalue weighted by molar-refractivity contribution is 0.0953. The van der Waals surface area contributed by atoms with Gasteiger partial charge in [-0.3, -0.25) is 10.2 Å². The number of hydrazine groups is 1. The molecule has 72 valence electrons. The van der Waals surface area contributed by atoms with Crippen molar-refractivity contribution in [3.05, 3.63) is 28.8 Å². The van der Waals surface area contributed by atoms with E-state index in [4.69, 9.17) is 5.84 Å². The fourth-order valence-electron chi connectivity index (χ4n) is 1.25. The van der Waals surface area contributed by atoms with Crippen LogP contribution in [0.1, 0.15) is 15.4 Å². The highest BCUT2D eigenvalue weighted by molar-refractivity contribution is 7.20. The molecule has 0 aliphatic carbocycles. The molecule has 0 saturated heterocycles. The van der Waals surface area contributed by atoms with E-state index in [9.17, 15) is 4.79 Å². The molecule has 4 nitrogen and oxygen atoms in total. The third-order valence-electron chi connectivity index (χ3n) is 1.94. The SMILES string of the molecule is Cc1cccc2nc(C(=O)NN)sc12. The van der Waals surface area contributed by atoms with Gasteiger partial charge in [0.05, 0.1) is 10.2 Å². The number of nitrogen functional groups attached to an aromatic ring is 1. The summed E-state index contributed by atoms with van der Waals surface area (Å²) in [7, 11) is 0. The van der Waals surface area contributed by atoms with Gasteiger partial charge < -0.3 is 0 Å². The minimum Gasteiger partial charge on any atom is -0.288 e. The second-order valence-corrected chi connectivity index (χ2v) is 3.91. The predicted octanol–water partition coefficient (Wildman–Crippen LogP) is 1.21. The van der Waals surface area contributed by atoms with E-state index in [2.05, 4.69) is 10.4 Å². The summed E-state index contributed by atoms with van der Waals surface area (Å²) in [6.45, 7) is 1.99. The quantitative estimate of drug-likeness (QED) is 0.419. The summed E-state index contributed by atoms with van der Waals surface area (Å²) in [5.74, 6) is 4.69. The molecule has 1 amide bonds. The Morgan fingerprint density at radius 1 is 1.57 bits per heavy atom. The number of carbonyl (C=O) groups is 1. The molecule has 0 bridgehead atoms. The number of nitrogens with one attached hydrogen (secondary N) is 1. The lowest BCUT2D eigenvalue weighted by Crippen LogP contribution is -2.29. The summed E-state index contributed by atoms with van der Waals surface area (Å²) in [6.07, 6.45) is 0. The summed E-state index contributed by atoms with van der Waals surface area (Å²) in [5, 5.41) is 0.400. The number of hydrogen-bond donors (Lipinski definition) is 2. The average Bonchev–Trinajstić information content (AvgIpc) is 2.62. The number of hydrogen-bond acceptors (Lipinski definition) is 4. The molecule has 1 aromatic carbocycles. The van der Waals surface area contributed by atoms with Crippen LogP contribution < -0.4 is 11.3 Å². The van der Waals surface area contributed by atoms with Gasteiger partial charge in [-0.25, -0.2) is 10.8 Å². The molecule has 0 fully saturated rings. The van der Waals surface area contributed by atoms with Gasteiger partial charge in [-0.1, -0.05) is 12.1 Å². The number of carbonyl (C=O) groups excluding carboxylic acids is 1. The Morgan fingerprint density at radius 2 is 2.36 bits per heavy atom. The van der Waals surface area contributed by atoms with Crippen LogP contribution in [0.25, 0.3) is 10.2 Å². The number of rotatable bonds is 1. The van der Waals surface area contributed by atoms with Crippen LogP contribution >= 0.6 is 11.3 Å². The standard InChI is InChI=1S/C9H9N3OS/c1-5-3-2-4-6-7(5)14-9(11-6)8(13)12-10/h2-4H,10H2,1H3,(H,12,13). The van der Waals surface area contributed by atoms with E-state index in [0.717, 1.165) is 15.8 Å². The van der Waals surface area contributed by atoms with E-state index in [1.807, 2.05) is 25.1 Å². The Morgan fingerprint density at radius 3 is 3.00 bits per heavy atom. The Bertz CT molecular complexity index is 492. The van der Waals surface area contributed by atoms with Gasteiger partial charge >= 0.3 is 0 Å². The highest BCUT2D eigenvalue weighted by atomic mass is 32.1. The normalized spacial score (nSPS) is 10.4. The zero-order valence-electron chi connectivity index (χ0n) is 7.57. The maximum Gasteiger partial charge on any atom is 0.294 e. The number of nitrogens with two attached hydrogens (primary N) is 1. The molecule has 0 atom stereocenters. The van der Waals surface area contributed by atoms with Crippen LogP contribution in [0.15, 0.2) is 18.2 Å². The van der Waals surface area contributed by atoms with E-state index < -0.39 is 0 Å². The van der Waals surface area contributed by atoms with Crippen molar-refractivity contribution >= 4 is 27.5 Å². The van der Waals surface area contributed by atoms with Crippen LogP contribution in [-0.2, 0) is 0 Å². The topological polar surface area (TPSA) is 68.0 Å². The number of aromatic nitrogens is 1. The maximum atomic E-state index is 11.2. The first-order valence-electron chi connectivity index (χ1n) is 4.09. The smallest absolute Gasteiger partial charge is 0.288 e. The van der Waals surface area contributed by atoms with Crippen LogP contribution in [0, 0.1) is 6.92 Å². The van der Waals surface area contributed by atoms with Gasteiger partial charge in [-0.2, -0.15) is 0 Å². The van der Waals surface area contributed by atoms with Crippen molar-refractivity contribution in [3.8, 4) is 0 Å². The molecule has 0 saturated carbocycles. The van der Waals surface area contributed by atoms with Crippen LogP contribution in [0.4, 0.5) is 0 Å². The zero-order valence-corrected chi connectivity index (χ0v) is 8.39. The number of fused-ring (bicyclic) bond motifs is 1. The zero-order chi connectivity index (χ0) is 10.1. The first-order valence-corrected chi connectivity index (χ1v) is 4.91. The summed E-state index contributed by atoms with van der Waals surface area (Å²) in [4.78, 5) is 15.4. The number of benzene rings is 1. The Hall–Kier alpha value is -1.46. The van der Waals surface area contributed by atoms with E-state index >= 15 is 0 Å². The van der Waals surface area contributed by atoms with Crippen LogP contribution in [0.3, 0.4) is 0 Å². The lowest BCUT2D eigenvalue weighted by atomic mass is 10.2. The van der Waals surface area contributed by atoms with Gasteiger partial charge in [-0.15, -0.1) is 11.3 Å². The molecule has 0 spiro atoms. The minimum atomic E-state index is -0.342. The third kappa shape index (κ3) is 1.36. The van der Waals surface area contributed by atoms with Crippen LogP contribution in [0.5, 0.6) is 0 Å². The predicted molar refractivity (Wildman–Crippen MR) is 56.0 cm³/mol. The number of aryl methyl sites for hydroxylation is 1. The summed E-state index contributed by atoms with van der Waals surface area (Å²) in [5.41, 5.74) is 4.03. The van der Waals surface area contributed by atoms with Gasteiger partial charge in [0.25, 0.3) is 5.91 Å². The lowest BCUT2D eigenvalue weighted by Gasteiger charge is -1.90. The molecule has 0 radical (unpaired) electrons. The van der Waals surface area contributed by atoms with E-state index in [0.29, 0.717) is 5.01 Å². The van der Waals surface area contributed by atoms with Crippen molar-refractivity contribution in [1.82, 2.24) is 10.4 Å². The van der Waals surface area contributed by atoms with Crippen molar-refractivity contribution in [2.24, 2.45) is 5.84 Å². The van der Waals surface area contributed by atoms with Crippen molar-refractivity contribution < 1.29 is 4.79 Å². The van der Waals surface area contributed by atoms with E-state index in [1.165, 1.54) is 11.3 Å². The Labute approximate surface area is 84.7 Å². The Kier molecular flexibility index (Phi) is 2.18. The van der Waals surface area contributed by atoms with Crippen molar-refractivity contribution in [3.63, 3.8) is 0 Å². The fraction of sp³-hybridized carbons (Fsp3) is 0.111. The van der Waals surface area contributed by atoms with Crippen molar-refractivity contribution in [2.75, 3.05) is 0 Å². The Balaban J connectivity index is 2.62. The van der Waals surface area contributed by atoms with Gasteiger partial charge in [0.2, 0.25) is 0 Å². The van der Waals surface area contributed by atoms with Gasteiger partial charge in [0.1, 0.15) is 0 Å². The highest BCUT2D eigenvalue weighted by Gasteiger charge is 2.11. The minimum absolute atomic E-state index is 0.342. The largest absolute Gasteiger partial charge is 0.294 e. The van der Waals surface area contributed by atoms with Crippen LogP contribution in [0.2, 0.25) is 0 Å². The molecule has 2 aromatic rings. The summed E-state index contributed by atoms with van der Waals surface area (Å²) < 4.78 is 1.03. The van der Waals surface area contributed by atoms with Gasteiger partial charge in [0, 0.05) is 0 Å². The fourth-order valence-corrected chi connectivity index (χ4v) is 2.18. The number of amides is 1. The molecule has 1 heterocycles. The van der Waals surface area contributed by atoms with Crippen molar-refractivity contribution in [1.29, 1.82) is 0 Å². The molecule has 3 N–H and O–H groups in total. The molecule has 0 unspecified atom stereocenters. The first kappa shape index (κ1) is 9.11.